The zero-order chi connectivity index (χ0) is 16.2. The number of carbonyl (C=O) groups excluding carboxylic acids is 2. The highest BCUT2D eigenvalue weighted by Crippen LogP contribution is 2.28. The van der Waals surface area contributed by atoms with Crippen molar-refractivity contribution in [2.45, 2.75) is 68.3 Å². The second kappa shape index (κ2) is 7.33. The largest absolute Gasteiger partial charge is 0.335 e. The zero-order valence-electron chi connectivity index (χ0n) is 13.3. The number of nitrogens with zero attached hydrogens (tertiary/aromatic N) is 2. The molecule has 126 valence electrons. The predicted octanol–water partition coefficient (Wildman–Crippen LogP) is 2.01. The van der Waals surface area contributed by atoms with Crippen LogP contribution < -0.4 is 10.6 Å². The Morgan fingerprint density at radius 1 is 1.30 bits per heavy atom. The van der Waals surface area contributed by atoms with E-state index in [0.29, 0.717) is 11.1 Å². The second-order valence-corrected chi connectivity index (χ2v) is 7.72. The van der Waals surface area contributed by atoms with Crippen LogP contribution in [0.1, 0.15) is 51.3 Å². The first kappa shape index (κ1) is 16.3. The van der Waals surface area contributed by atoms with E-state index >= 15 is 0 Å². The molecule has 0 aromatic carbocycles. The Hall–Kier alpha value is -1.57. The number of aromatic amines is 1. The lowest BCUT2D eigenvalue weighted by Gasteiger charge is -2.09. The summed E-state index contributed by atoms with van der Waals surface area (Å²) >= 11 is 1.26. The van der Waals surface area contributed by atoms with Crippen molar-refractivity contribution in [2.24, 2.45) is 5.92 Å². The van der Waals surface area contributed by atoms with E-state index < -0.39 is 11.3 Å². The highest BCUT2D eigenvalue weighted by atomic mass is 32.2. The van der Waals surface area contributed by atoms with Crippen LogP contribution in [0.25, 0.3) is 0 Å². The summed E-state index contributed by atoms with van der Waals surface area (Å²) < 4.78 is 0. The minimum atomic E-state index is -0.421. The quantitative estimate of drug-likeness (QED) is 0.690. The Bertz CT molecular complexity index is 566. The van der Waals surface area contributed by atoms with Gasteiger partial charge in [0.25, 0.3) is 0 Å². The first-order valence-corrected chi connectivity index (χ1v) is 9.17. The van der Waals surface area contributed by atoms with Crippen molar-refractivity contribution in [1.82, 2.24) is 25.8 Å². The SMILES string of the molecule is CC(Sc1n[nH]c(CC2CCCC2)n1)C(=O)NC(=O)NC1CC1. The molecule has 0 aliphatic heterocycles. The second-order valence-electron chi connectivity index (χ2n) is 6.42. The van der Waals surface area contributed by atoms with Crippen molar-refractivity contribution in [1.29, 1.82) is 0 Å². The number of carbonyl (C=O) groups is 2. The van der Waals surface area contributed by atoms with E-state index in [0.717, 1.165) is 25.1 Å². The van der Waals surface area contributed by atoms with Crippen LogP contribution in [0.2, 0.25) is 0 Å². The summed E-state index contributed by atoms with van der Waals surface area (Å²) in [5.41, 5.74) is 0. The van der Waals surface area contributed by atoms with Crippen LogP contribution in [-0.4, -0.2) is 38.4 Å². The fraction of sp³-hybridized carbons (Fsp3) is 0.733. The molecule has 2 fully saturated rings. The van der Waals surface area contributed by atoms with Crippen molar-refractivity contribution < 1.29 is 9.59 Å². The zero-order valence-corrected chi connectivity index (χ0v) is 14.1. The number of imide groups is 1. The van der Waals surface area contributed by atoms with E-state index in [4.69, 9.17) is 0 Å². The smallest absolute Gasteiger partial charge is 0.321 e. The van der Waals surface area contributed by atoms with E-state index in [1.54, 1.807) is 6.92 Å². The monoisotopic (exact) mass is 337 g/mol. The molecule has 3 N–H and O–H groups in total. The van der Waals surface area contributed by atoms with E-state index in [9.17, 15) is 9.59 Å². The Balaban J connectivity index is 1.44. The van der Waals surface area contributed by atoms with Gasteiger partial charge >= 0.3 is 6.03 Å². The summed E-state index contributed by atoms with van der Waals surface area (Å²) in [6.07, 6.45) is 8.05. The summed E-state index contributed by atoms with van der Waals surface area (Å²) in [5, 5.41) is 12.4. The summed E-state index contributed by atoms with van der Waals surface area (Å²) in [6.45, 7) is 1.75. The number of H-pyrrole nitrogens is 1. The molecule has 7 nitrogen and oxygen atoms in total. The molecule has 1 aromatic rings. The van der Waals surface area contributed by atoms with Crippen molar-refractivity contribution in [2.75, 3.05) is 0 Å². The highest BCUT2D eigenvalue weighted by molar-refractivity contribution is 8.00. The topological polar surface area (TPSA) is 99.8 Å². The normalized spacial score (nSPS) is 19.5. The van der Waals surface area contributed by atoms with Gasteiger partial charge in [0.15, 0.2) is 0 Å². The van der Waals surface area contributed by atoms with Crippen LogP contribution in [0.4, 0.5) is 4.79 Å². The molecular weight excluding hydrogens is 314 g/mol. The molecule has 0 spiro atoms. The minimum Gasteiger partial charge on any atom is -0.335 e. The van der Waals surface area contributed by atoms with Crippen LogP contribution in [0, 0.1) is 5.92 Å². The van der Waals surface area contributed by atoms with Crippen molar-refractivity contribution >= 4 is 23.7 Å². The first-order valence-electron chi connectivity index (χ1n) is 8.29. The van der Waals surface area contributed by atoms with Crippen molar-refractivity contribution in [3.05, 3.63) is 5.82 Å². The average Bonchev–Trinajstić information content (AvgIpc) is 2.99. The number of hydrogen-bond acceptors (Lipinski definition) is 5. The molecule has 1 aromatic heterocycles. The van der Waals surface area contributed by atoms with Crippen LogP contribution in [-0.2, 0) is 11.2 Å². The fourth-order valence-electron chi connectivity index (χ4n) is 2.78. The number of thioether (sulfide) groups is 1. The number of hydrogen-bond donors (Lipinski definition) is 3. The summed E-state index contributed by atoms with van der Waals surface area (Å²) in [7, 11) is 0. The molecule has 3 rings (SSSR count). The van der Waals surface area contributed by atoms with Gasteiger partial charge in [-0.25, -0.2) is 9.78 Å². The molecule has 1 heterocycles. The third-order valence-electron chi connectivity index (χ3n) is 4.27. The van der Waals surface area contributed by atoms with Gasteiger partial charge in [-0.15, -0.1) is 5.10 Å². The maximum absolute atomic E-state index is 12.0. The van der Waals surface area contributed by atoms with Gasteiger partial charge in [0.1, 0.15) is 5.82 Å². The third-order valence-corrected chi connectivity index (χ3v) is 5.23. The number of aromatic nitrogens is 3. The standard InChI is InChI=1S/C15H23N5O2S/c1-9(13(21)18-14(22)16-11-6-7-11)23-15-17-12(19-20-15)8-10-4-2-3-5-10/h9-11H,2-8H2,1H3,(H,17,19,20)(H2,16,18,21,22). The molecule has 23 heavy (non-hydrogen) atoms. The fourth-order valence-corrected chi connectivity index (χ4v) is 3.53. The molecule has 3 amide bonds. The highest BCUT2D eigenvalue weighted by Gasteiger charge is 2.25. The molecule has 8 heteroatoms. The van der Waals surface area contributed by atoms with Crippen LogP contribution in [0.5, 0.6) is 0 Å². The van der Waals surface area contributed by atoms with Gasteiger partial charge in [0, 0.05) is 12.5 Å². The van der Waals surface area contributed by atoms with Gasteiger partial charge in [-0.05, 0) is 25.7 Å². The van der Waals surface area contributed by atoms with E-state index in [2.05, 4.69) is 25.8 Å². The Morgan fingerprint density at radius 2 is 2.04 bits per heavy atom. The summed E-state index contributed by atoms with van der Waals surface area (Å²) in [4.78, 5) is 28.0. The number of rotatable bonds is 6. The molecular formula is C15H23N5O2S. The van der Waals surface area contributed by atoms with E-state index in [1.807, 2.05) is 0 Å². The lowest BCUT2D eigenvalue weighted by atomic mass is 10.0. The number of urea groups is 1. The summed E-state index contributed by atoms with van der Waals surface area (Å²) in [6, 6.07) is -0.182. The lowest BCUT2D eigenvalue weighted by Crippen LogP contribution is -2.43. The summed E-state index contributed by atoms with van der Waals surface area (Å²) in [5.74, 6) is 1.27. The molecule has 0 radical (unpaired) electrons. The number of nitrogens with one attached hydrogen (secondary N) is 3. The van der Waals surface area contributed by atoms with Gasteiger partial charge in [-0.3, -0.25) is 15.2 Å². The van der Waals surface area contributed by atoms with Gasteiger partial charge in [0.05, 0.1) is 5.25 Å². The molecule has 1 unspecified atom stereocenters. The van der Waals surface area contributed by atoms with Gasteiger partial charge in [-0.2, -0.15) is 0 Å². The molecule has 0 bridgehead atoms. The van der Waals surface area contributed by atoms with Crippen LogP contribution in [0.15, 0.2) is 5.16 Å². The Kier molecular flexibility index (Phi) is 5.20. The Labute approximate surface area is 139 Å². The van der Waals surface area contributed by atoms with Crippen molar-refractivity contribution in [3.63, 3.8) is 0 Å². The van der Waals surface area contributed by atoms with Crippen LogP contribution in [0.3, 0.4) is 0 Å². The molecule has 2 saturated carbocycles. The van der Waals surface area contributed by atoms with Gasteiger partial charge in [-0.1, -0.05) is 37.4 Å². The minimum absolute atomic E-state index is 0.233. The van der Waals surface area contributed by atoms with Crippen molar-refractivity contribution in [3.8, 4) is 0 Å². The first-order chi connectivity index (χ1) is 11.1. The lowest BCUT2D eigenvalue weighted by molar-refractivity contribution is -0.119. The van der Waals surface area contributed by atoms with E-state index in [1.165, 1.54) is 37.4 Å². The third kappa shape index (κ3) is 4.95. The van der Waals surface area contributed by atoms with Crippen LogP contribution >= 0.6 is 11.8 Å². The maximum Gasteiger partial charge on any atom is 0.321 e. The predicted molar refractivity (Wildman–Crippen MR) is 87.1 cm³/mol. The molecule has 2 aliphatic rings. The molecule has 2 aliphatic carbocycles. The number of amides is 3. The van der Waals surface area contributed by atoms with Gasteiger partial charge < -0.3 is 5.32 Å². The Morgan fingerprint density at radius 3 is 2.74 bits per heavy atom. The maximum atomic E-state index is 12.0. The van der Waals surface area contributed by atoms with Gasteiger partial charge in [0.2, 0.25) is 11.1 Å². The molecule has 0 saturated heterocycles. The average molecular weight is 337 g/mol. The van der Waals surface area contributed by atoms with E-state index in [-0.39, 0.29) is 11.9 Å². The molecule has 1 atom stereocenters.